The first-order chi connectivity index (χ1) is 11.9. The van der Waals surface area contributed by atoms with Gasteiger partial charge in [0.05, 0.1) is 12.7 Å². The fraction of sp³-hybridized carbons (Fsp3) is 0.211. The van der Waals surface area contributed by atoms with E-state index in [-0.39, 0.29) is 5.91 Å². The molecular formula is C19H20N4O2. The van der Waals surface area contributed by atoms with Gasteiger partial charge in [-0.05, 0) is 43.7 Å². The summed E-state index contributed by atoms with van der Waals surface area (Å²) in [5.74, 6) is -0.150. The van der Waals surface area contributed by atoms with Crippen molar-refractivity contribution in [2.24, 2.45) is 0 Å². The summed E-state index contributed by atoms with van der Waals surface area (Å²) in [4.78, 5) is 12.2. The first-order valence-corrected chi connectivity index (χ1v) is 8.00. The normalized spacial score (nSPS) is 11.3. The maximum absolute atomic E-state index is 12.2. The molecule has 6 nitrogen and oxygen atoms in total. The minimum Gasteiger partial charge on any atom is -0.384 e. The molecule has 0 fully saturated rings. The minimum atomic E-state index is -1.02. The summed E-state index contributed by atoms with van der Waals surface area (Å²) in [5, 5.41) is 20.8. The Labute approximate surface area is 146 Å². The first-order valence-electron chi connectivity index (χ1n) is 8.00. The molecule has 0 spiro atoms. The lowest BCUT2D eigenvalue weighted by Gasteiger charge is -2.11. The number of nitrogens with zero attached hydrogens (tertiary/aromatic N) is 3. The zero-order chi connectivity index (χ0) is 17.9. The van der Waals surface area contributed by atoms with Gasteiger partial charge in [-0.2, -0.15) is 0 Å². The summed E-state index contributed by atoms with van der Waals surface area (Å²) in [5.41, 5.74) is 1.84. The van der Waals surface area contributed by atoms with Crippen LogP contribution in [0, 0.1) is 0 Å². The van der Waals surface area contributed by atoms with Gasteiger partial charge in [0.2, 0.25) is 0 Å². The van der Waals surface area contributed by atoms with Gasteiger partial charge in [-0.1, -0.05) is 35.5 Å². The SMILES string of the molecule is CC(C)(O)c1cn(Cc2ccc(C(=O)Nc3ccccc3)cc2)nn1. The average Bonchev–Trinajstić information content (AvgIpc) is 3.05. The summed E-state index contributed by atoms with van der Waals surface area (Å²) in [7, 11) is 0. The van der Waals surface area contributed by atoms with Crippen LogP contribution in [0.25, 0.3) is 0 Å². The third-order valence-corrected chi connectivity index (χ3v) is 3.76. The number of hydrogen-bond acceptors (Lipinski definition) is 4. The van der Waals surface area contributed by atoms with Gasteiger partial charge >= 0.3 is 0 Å². The Morgan fingerprint density at radius 2 is 1.80 bits per heavy atom. The molecule has 0 aliphatic rings. The number of amides is 1. The largest absolute Gasteiger partial charge is 0.384 e. The number of hydrogen-bond donors (Lipinski definition) is 2. The number of rotatable bonds is 5. The van der Waals surface area contributed by atoms with Crippen LogP contribution in [0.15, 0.2) is 60.8 Å². The monoisotopic (exact) mass is 336 g/mol. The van der Waals surface area contributed by atoms with Crippen LogP contribution in [-0.2, 0) is 12.1 Å². The second kappa shape index (κ2) is 6.86. The molecule has 0 saturated carbocycles. The van der Waals surface area contributed by atoms with Gasteiger partial charge in [-0.15, -0.1) is 5.10 Å². The number of para-hydroxylation sites is 1. The second-order valence-corrected chi connectivity index (χ2v) is 6.38. The molecule has 0 atom stereocenters. The Kier molecular flexibility index (Phi) is 4.63. The van der Waals surface area contributed by atoms with E-state index in [0.29, 0.717) is 17.8 Å². The van der Waals surface area contributed by atoms with E-state index in [0.717, 1.165) is 11.3 Å². The average molecular weight is 336 g/mol. The van der Waals surface area contributed by atoms with Crippen molar-refractivity contribution in [1.82, 2.24) is 15.0 Å². The second-order valence-electron chi connectivity index (χ2n) is 6.38. The molecule has 0 bridgehead atoms. The highest BCUT2D eigenvalue weighted by Gasteiger charge is 2.20. The number of carbonyl (C=O) groups excluding carboxylic acids is 1. The Balaban J connectivity index is 1.66. The quantitative estimate of drug-likeness (QED) is 0.751. The van der Waals surface area contributed by atoms with Crippen molar-refractivity contribution in [2.45, 2.75) is 26.0 Å². The smallest absolute Gasteiger partial charge is 0.255 e. The number of aromatic nitrogens is 3. The van der Waals surface area contributed by atoms with E-state index >= 15 is 0 Å². The highest BCUT2D eigenvalue weighted by atomic mass is 16.3. The molecule has 0 saturated heterocycles. The fourth-order valence-corrected chi connectivity index (χ4v) is 2.33. The van der Waals surface area contributed by atoms with E-state index in [1.54, 1.807) is 36.9 Å². The van der Waals surface area contributed by atoms with Crippen molar-refractivity contribution in [3.8, 4) is 0 Å². The third-order valence-electron chi connectivity index (χ3n) is 3.76. The molecule has 2 aromatic carbocycles. The topological polar surface area (TPSA) is 80.0 Å². The molecule has 1 aromatic heterocycles. The van der Waals surface area contributed by atoms with Gasteiger partial charge < -0.3 is 10.4 Å². The van der Waals surface area contributed by atoms with Gasteiger partial charge in [-0.25, -0.2) is 4.68 Å². The number of anilines is 1. The Bertz CT molecular complexity index is 849. The number of benzene rings is 2. The van der Waals surface area contributed by atoms with Crippen LogP contribution in [0.1, 0.15) is 35.5 Å². The summed E-state index contributed by atoms with van der Waals surface area (Å²) in [6, 6.07) is 16.7. The van der Waals surface area contributed by atoms with Crippen molar-refractivity contribution >= 4 is 11.6 Å². The van der Waals surface area contributed by atoms with Crippen molar-refractivity contribution in [1.29, 1.82) is 0 Å². The van der Waals surface area contributed by atoms with E-state index in [2.05, 4.69) is 15.6 Å². The summed E-state index contributed by atoms with van der Waals surface area (Å²) < 4.78 is 1.66. The van der Waals surface area contributed by atoms with Gasteiger partial charge in [-0.3, -0.25) is 4.79 Å². The molecule has 1 amide bonds. The maximum atomic E-state index is 12.2. The lowest BCUT2D eigenvalue weighted by Crippen LogP contribution is -2.15. The summed E-state index contributed by atoms with van der Waals surface area (Å²) in [6.45, 7) is 3.85. The van der Waals surface area contributed by atoms with Gasteiger partial charge in [0.25, 0.3) is 5.91 Å². The van der Waals surface area contributed by atoms with E-state index in [1.807, 2.05) is 42.5 Å². The highest BCUT2D eigenvalue weighted by Crippen LogP contribution is 2.16. The molecule has 3 rings (SSSR count). The van der Waals surface area contributed by atoms with Gasteiger partial charge in [0, 0.05) is 11.3 Å². The molecule has 0 aliphatic carbocycles. The number of nitrogens with one attached hydrogen (secondary N) is 1. The van der Waals surface area contributed by atoms with Crippen molar-refractivity contribution < 1.29 is 9.90 Å². The zero-order valence-electron chi connectivity index (χ0n) is 14.2. The zero-order valence-corrected chi connectivity index (χ0v) is 14.2. The van der Waals surface area contributed by atoms with E-state index in [1.165, 1.54) is 0 Å². The molecule has 6 heteroatoms. The number of aliphatic hydroxyl groups is 1. The van der Waals surface area contributed by atoms with Gasteiger partial charge in [0.1, 0.15) is 11.3 Å². The van der Waals surface area contributed by atoms with Crippen LogP contribution in [0.4, 0.5) is 5.69 Å². The van der Waals surface area contributed by atoms with Crippen LogP contribution in [0.5, 0.6) is 0 Å². The minimum absolute atomic E-state index is 0.150. The lowest BCUT2D eigenvalue weighted by atomic mass is 10.1. The van der Waals surface area contributed by atoms with Crippen molar-refractivity contribution in [3.63, 3.8) is 0 Å². The summed E-state index contributed by atoms with van der Waals surface area (Å²) in [6.07, 6.45) is 1.72. The highest BCUT2D eigenvalue weighted by molar-refractivity contribution is 6.04. The standard InChI is InChI=1S/C19H20N4O2/c1-19(2,25)17-13-23(22-21-17)12-14-8-10-15(11-9-14)18(24)20-16-6-4-3-5-7-16/h3-11,13,25H,12H2,1-2H3,(H,20,24). The molecule has 128 valence electrons. The maximum Gasteiger partial charge on any atom is 0.255 e. The van der Waals surface area contributed by atoms with Crippen LogP contribution in [0.2, 0.25) is 0 Å². The first kappa shape index (κ1) is 16.9. The van der Waals surface area contributed by atoms with Crippen LogP contribution in [-0.4, -0.2) is 26.0 Å². The molecule has 25 heavy (non-hydrogen) atoms. The summed E-state index contributed by atoms with van der Waals surface area (Å²) >= 11 is 0. The fourth-order valence-electron chi connectivity index (χ4n) is 2.33. The molecule has 0 aliphatic heterocycles. The molecular weight excluding hydrogens is 316 g/mol. The van der Waals surface area contributed by atoms with E-state index in [4.69, 9.17) is 0 Å². The lowest BCUT2D eigenvalue weighted by molar-refractivity contribution is 0.0737. The van der Waals surface area contributed by atoms with Crippen LogP contribution >= 0.6 is 0 Å². The predicted molar refractivity (Wildman–Crippen MR) is 95.2 cm³/mol. The van der Waals surface area contributed by atoms with E-state index in [9.17, 15) is 9.90 Å². The Morgan fingerprint density at radius 1 is 1.12 bits per heavy atom. The Hall–Kier alpha value is -2.99. The van der Waals surface area contributed by atoms with Crippen LogP contribution in [0.3, 0.4) is 0 Å². The van der Waals surface area contributed by atoms with Crippen molar-refractivity contribution in [3.05, 3.63) is 77.6 Å². The molecule has 0 unspecified atom stereocenters. The van der Waals surface area contributed by atoms with Crippen molar-refractivity contribution in [2.75, 3.05) is 5.32 Å². The molecule has 1 heterocycles. The molecule has 2 N–H and O–H groups in total. The predicted octanol–water partition coefficient (Wildman–Crippen LogP) is 2.81. The molecule has 0 radical (unpaired) electrons. The number of carbonyl (C=O) groups is 1. The third kappa shape index (κ3) is 4.30. The van der Waals surface area contributed by atoms with E-state index < -0.39 is 5.60 Å². The Morgan fingerprint density at radius 3 is 2.40 bits per heavy atom. The van der Waals surface area contributed by atoms with Gasteiger partial charge in [0.15, 0.2) is 0 Å². The molecule has 3 aromatic rings. The van der Waals surface area contributed by atoms with Crippen LogP contribution < -0.4 is 5.32 Å².